The smallest absolute Gasteiger partial charge is 0.137 e. The molecule has 0 saturated heterocycles. The highest BCUT2D eigenvalue weighted by Gasteiger charge is 2.09. The second kappa shape index (κ2) is 7.54. The van der Waals surface area contributed by atoms with Crippen LogP contribution in [0.15, 0.2) is 18.2 Å². The predicted octanol–water partition coefficient (Wildman–Crippen LogP) is 3.17. The van der Waals surface area contributed by atoms with Crippen LogP contribution in [0.5, 0.6) is 5.75 Å². The third-order valence-corrected chi connectivity index (χ3v) is 2.92. The first-order valence-electron chi connectivity index (χ1n) is 5.85. The fourth-order valence-corrected chi connectivity index (χ4v) is 1.82. The van der Waals surface area contributed by atoms with Crippen molar-refractivity contribution in [2.45, 2.75) is 25.8 Å². The first-order valence-corrected chi connectivity index (χ1v) is 6.23. The molecule has 0 bridgehead atoms. The molecule has 0 spiro atoms. The van der Waals surface area contributed by atoms with Gasteiger partial charge < -0.3 is 15.2 Å². The summed E-state index contributed by atoms with van der Waals surface area (Å²) in [6.07, 6.45) is 1.85. The van der Waals surface area contributed by atoms with Gasteiger partial charge >= 0.3 is 0 Å². The Morgan fingerprint density at radius 2 is 2.18 bits per heavy atom. The lowest BCUT2D eigenvalue weighted by Crippen LogP contribution is -2.11. The van der Waals surface area contributed by atoms with Crippen molar-refractivity contribution in [1.29, 1.82) is 0 Å². The van der Waals surface area contributed by atoms with Gasteiger partial charge in [-0.1, -0.05) is 17.7 Å². The zero-order valence-corrected chi connectivity index (χ0v) is 11.2. The molecule has 0 aliphatic rings. The van der Waals surface area contributed by atoms with E-state index in [9.17, 15) is 0 Å². The van der Waals surface area contributed by atoms with Gasteiger partial charge in [0, 0.05) is 19.3 Å². The minimum atomic E-state index is 0.00150. The van der Waals surface area contributed by atoms with Gasteiger partial charge in [-0.2, -0.15) is 0 Å². The van der Waals surface area contributed by atoms with Crippen LogP contribution in [0.1, 0.15) is 31.4 Å². The Bertz CT molecular complexity index is 344. The van der Waals surface area contributed by atoms with Gasteiger partial charge in [0.2, 0.25) is 0 Å². The largest absolute Gasteiger partial charge is 0.495 e. The second-order valence-corrected chi connectivity index (χ2v) is 4.25. The van der Waals surface area contributed by atoms with E-state index < -0.39 is 0 Å². The average molecular weight is 258 g/mol. The first kappa shape index (κ1) is 14.3. The van der Waals surface area contributed by atoms with E-state index in [1.807, 2.05) is 25.1 Å². The van der Waals surface area contributed by atoms with Crippen molar-refractivity contribution >= 4 is 11.6 Å². The molecule has 3 nitrogen and oxygen atoms in total. The van der Waals surface area contributed by atoms with Gasteiger partial charge in [-0.05, 0) is 37.5 Å². The average Bonchev–Trinajstić information content (AvgIpc) is 2.35. The number of nitrogens with two attached hydrogens (primary N) is 1. The van der Waals surface area contributed by atoms with Crippen molar-refractivity contribution in [2.75, 3.05) is 20.3 Å². The molecule has 1 atom stereocenters. The number of hydrogen-bond acceptors (Lipinski definition) is 3. The Balaban J connectivity index is 2.53. The summed E-state index contributed by atoms with van der Waals surface area (Å²) in [5.41, 5.74) is 7.14. The molecule has 0 saturated carbocycles. The molecule has 0 heterocycles. The second-order valence-electron chi connectivity index (χ2n) is 3.84. The van der Waals surface area contributed by atoms with E-state index >= 15 is 0 Å². The summed E-state index contributed by atoms with van der Waals surface area (Å²) >= 11 is 5.96. The van der Waals surface area contributed by atoms with E-state index in [1.54, 1.807) is 7.11 Å². The highest BCUT2D eigenvalue weighted by atomic mass is 35.5. The first-order chi connectivity index (χ1) is 8.19. The number of halogens is 1. The minimum absolute atomic E-state index is 0.00150. The third kappa shape index (κ3) is 4.54. The van der Waals surface area contributed by atoms with Crippen LogP contribution in [0.2, 0.25) is 5.02 Å². The highest BCUT2D eigenvalue weighted by Crippen LogP contribution is 2.28. The summed E-state index contributed by atoms with van der Waals surface area (Å²) in [6, 6.07) is 5.66. The van der Waals surface area contributed by atoms with Crippen LogP contribution in [0.25, 0.3) is 0 Å². The minimum Gasteiger partial charge on any atom is -0.495 e. The molecule has 1 aromatic carbocycles. The topological polar surface area (TPSA) is 44.5 Å². The van der Waals surface area contributed by atoms with Crippen molar-refractivity contribution in [1.82, 2.24) is 0 Å². The number of ether oxygens (including phenoxy) is 2. The maximum atomic E-state index is 6.10. The molecule has 1 rings (SSSR count). The van der Waals surface area contributed by atoms with Gasteiger partial charge in [0.25, 0.3) is 0 Å². The molecule has 1 aromatic rings. The van der Waals surface area contributed by atoms with Crippen LogP contribution in [0.4, 0.5) is 0 Å². The monoisotopic (exact) mass is 257 g/mol. The lowest BCUT2D eigenvalue weighted by Gasteiger charge is -2.13. The summed E-state index contributed by atoms with van der Waals surface area (Å²) in [5, 5.41) is 0.609. The lowest BCUT2D eigenvalue weighted by atomic mass is 10.0. The summed E-state index contributed by atoms with van der Waals surface area (Å²) < 4.78 is 10.4. The molecular weight excluding hydrogens is 238 g/mol. The van der Waals surface area contributed by atoms with Gasteiger partial charge in [-0.15, -0.1) is 0 Å². The van der Waals surface area contributed by atoms with E-state index in [2.05, 4.69) is 0 Å². The van der Waals surface area contributed by atoms with Crippen LogP contribution < -0.4 is 10.5 Å². The Morgan fingerprint density at radius 3 is 2.82 bits per heavy atom. The standard InChI is InChI=1S/C13H20ClNO2/c1-3-17-8-4-5-12(15)10-6-7-11(14)13(9-10)16-2/h6-7,9,12H,3-5,8,15H2,1-2H3. The Hall–Kier alpha value is -0.770. The zero-order valence-electron chi connectivity index (χ0n) is 10.4. The lowest BCUT2D eigenvalue weighted by molar-refractivity contribution is 0.142. The van der Waals surface area contributed by atoms with Gasteiger partial charge in [0.1, 0.15) is 5.75 Å². The molecule has 96 valence electrons. The molecule has 0 aromatic heterocycles. The van der Waals surface area contributed by atoms with Gasteiger partial charge in [-0.25, -0.2) is 0 Å². The van der Waals surface area contributed by atoms with E-state index in [4.69, 9.17) is 26.8 Å². The highest BCUT2D eigenvalue weighted by molar-refractivity contribution is 6.32. The van der Waals surface area contributed by atoms with Crippen LogP contribution in [-0.4, -0.2) is 20.3 Å². The fourth-order valence-electron chi connectivity index (χ4n) is 1.62. The molecule has 17 heavy (non-hydrogen) atoms. The molecule has 0 fully saturated rings. The van der Waals surface area contributed by atoms with E-state index in [1.165, 1.54) is 0 Å². The van der Waals surface area contributed by atoms with Crippen molar-refractivity contribution in [2.24, 2.45) is 5.73 Å². The number of benzene rings is 1. The van der Waals surface area contributed by atoms with Crippen molar-refractivity contribution in [3.63, 3.8) is 0 Å². The number of methoxy groups -OCH3 is 1. The van der Waals surface area contributed by atoms with E-state index in [0.717, 1.165) is 31.6 Å². The van der Waals surface area contributed by atoms with Crippen LogP contribution in [-0.2, 0) is 4.74 Å². The summed E-state index contributed by atoms with van der Waals surface area (Å²) in [5.74, 6) is 0.671. The summed E-state index contributed by atoms with van der Waals surface area (Å²) in [7, 11) is 1.60. The SMILES string of the molecule is CCOCCCC(N)c1ccc(Cl)c(OC)c1. The van der Waals surface area contributed by atoms with E-state index in [0.29, 0.717) is 10.8 Å². The predicted molar refractivity (Wildman–Crippen MR) is 70.7 cm³/mol. The zero-order chi connectivity index (χ0) is 12.7. The van der Waals surface area contributed by atoms with Crippen molar-refractivity contribution in [3.8, 4) is 5.75 Å². The molecular formula is C13H20ClNO2. The molecule has 4 heteroatoms. The molecule has 1 unspecified atom stereocenters. The normalized spacial score (nSPS) is 12.5. The fraction of sp³-hybridized carbons (Fsp3) is 0.538. The van der Waals surface area contributed by atoms with Crippen molar-refractivity contribution in [3.05, 3.63) is 28.8 Å². The molecule has 0 aliphatic carbocycles. The van der Waals surface area contributed by atoms with Gasteiger partial charge in [-0.3, -0.25) is 0 Å². The Morgan fingerprint density at radius 1 is 1.41 bits per heavy atom. The van der Waals surface area contributed by atoms with Gasteiger partial charge in [0.05, 0.1) is 12.1 Å². The molecule has 0 radical (unpaired) electrons. The van der Waals surface area contributed by atoms with Gasteiger partial charge in [0.15, 0.2) is 0 Å². The summed E-state index contributed by atoms with van der Waals surface area (Å²) in [6.45, 7) is 3.50. The van der Waals surface area contributed by atoms with Crippen molar-refractivity contribution < 1.29 is 9.47 Å². The quantitative estimate of drug-likeness (QED) is 0.763. The van der Waals surface area contributed by atoms with E-state index in [-0.39, 0.29) is 6.04 Å². The Labute approximate surface area is 108 Å². The number of rotatable bonds is 7. The maximum absolute atomic E-state index is 6.10. The van der Waals surface area contributed by atoms with Crippen LogP contribution in [0, 0.1) is 0 Å². The van der Waals surface area contributed by atoms with Crippen LogP contribution in [0.3, 0.4) is 0 Å². The molecule has 2 N–H and O–H groups in total. The third-order valence-electron chi connectivity index (χ3n) is 2.61. The summed E-state index contributed by atoms with van der Waals surface area (Å²) in [4.78, 5) is 0. The molecule has 0 aliphatic heterocycles. The Kier molecular flexibility index (Phi) is 6.34. The molecule has 0 amide bonds. The maximum Gasteiger partial charge on any atom is 0.137 e. The number of hydrogen-bond donors (Lipinski definition) is 1. The van der Waals surface area contributed by atoms with Crippen LogP contribution >= 0.6 is 11.6 Å².